The molecule has 0 aromatic heterocycles. The van der Waals surface area contributed by atoms with Crippen molar-refractivity contribution in [2.45, 2.75) is 68.2 Å². The normalized spacial score (nSPS) is 27.1. The number of hydrogen-bond donors (Lipinski definition) is 1. The van der Waals surface area contributed by atoms with E-state index in [9.17, 15) is 18.0 Å². The van der Waals surface area contributed by atoms with Crippen molar-refractivity contribution in [3.63, 3.8) is 0 Å². The molecule has 1 saturated carbocycles. The molecule has 0 bridgehead atoms. The number of amides is 2. The van der Waals surface area contributed by atoms with Crippen molar-refractivity contribution in [2.24, 2.45) is 11.8 Å². The largest absolute Gasteiger partial charge is 0.352 e. The average molecular weight is 480 g/mol. The predicted octanol–water partition coefficient (Wildman–Crippen LogP) is 3.24. The first-order chi connectivity index (χ1) is 15.3. The van der Waals surface area contributed by atoms with Crippen LogP contribution in [0.2, 0.25) is 0 Å². The summed E-state index contributed by atoms with van der Waals surface area (Å²) in [6.07, 6.45) is 6.00. The number of anilines is 1. The minimum Gasteiger partial charge on any atom is -0.352 e. The summed E-state index contributed by atoms with van der Waals surface area (Å²) in [5.41, 5.74) is 0.518. The van der Waals surface area contributed by atoms with Crippen LogP contribution in [0.5, 0.6) is 0 Å². The van der Waals surface area contributed by atoms with Gasteiger partial charge in [-0.25, -0.2) is 8.42 Å². The van der Waals surface area contributed by atoms with Gasteiger partial charge in [0.1, 0.15) is 6.54 Å². The minimum atomic E-state index is -3.62. The zero-order valence-corrected chi connectivity index (χ0v) is 20.5. The molecule has 9 heteroatoms. The second kappa shape index (κ2) is 9.73. The van der Waals surface area contributed by atoms with Crippen LogP contribution in [0.1, 0.15) is 52.4 Å². The van der Waals surface area contributed by atoms with E-state index >= 15 is 0 Å². The number of rotatable bonds is 5. The van der Waals surface area contributed by atoms with Gasteiger partial charge in [-0.05, 0) is 49.3 Å². The lowest BCUT2D eigenvalue weighted by atomic mass is 9.78. The standard InChI is InChI=1S/C23H33N3O4S2/c1-16-7-6-8-19(17(16)2)24-22(27)14-26-20-13-18(9-10-21(20)31-15-23(26)28)32(29,30)25-11-4-3-5-12-25/h9-10,13,16-17,19H,3-8,11-12,14-15H2,1-2H3,(H,24,27)/t16-,17-,19-/m1/s1. The molecule has 2 aliphatic heterocycles. The van der Waals surface area contributed by atoms with Crippen LogP contribution >= 0.6 is 11.8 Å². The molecule has 1 aromatic rings. The molecule has 176 valence electrons. The topological polar surface area (TPSA) is 86.8 Å². The Hall–Kier alpha value is -1.58. The van der Waals surface area contributed by atoms with Gasteiger partial charge in [0.2, 0.25) is 21.8 Å². The van der Waals surface area contributed by atoms with Gasteiger partial charge < -0.3 is 10.2 Å². The van der Waals surface area contributed by atoms with Crippen LogP contribution < -0.4 is 10.2 Å². The maximum absolute atomic E-state index is 13.1. The quantitative estimate of drug-likeness (QED) is 0.701. The third-order valence-corrected chi connectivity index (χ3v) is 10.1. The number of piperidine rings is 1. The molecule has 1 N–H and O–H groups in total. The molecular formula is C23H33N3O4S2. The van der Waals surface area contributed by atoms with Crippen LogP contribution in [0.25, 0.3) is 0 Å². The summed E-state index contributed by atoms with van der Waals surface area (Å²) in [5, 5.41) is 3.13. The Morgan fingerprint density at radius 3 is 2.62 bits per heavy atom. The molecule has 0 unspecified atom stereocenters. The predicted molar refractivity (Wildman–Crippen MR) is 126 cm³/mol. The fourth-order valence-electron chi connectivity index (χ4n) is 4.95. The summed E-state index contributed by atoms with van der Waals surface area (Å²) in [6, 6.07) is 5.07. The number of fused-ring (bicyclic) bond motifs is 1. The zero-order chi connectivity index (χ0) is 22.9. The Morgan fingerprint density at radius 1 is 1.12 bits per heavy atom. The fraction of sp³-hybridized carbons (Fsp3) is 0.652. The number of carbonyl (C=O) groups is 2. The molecule has 0 radical (unpaired) electrons. The molecular weight excluding hydrogens is 446 g/mol. The molecule has 4 rings (SSSR count). The third kappa shape index (κ3) is 4.84. The summed E-state index contributed by atoms with van der Waals surface area (Å²) in [6.45, 7) is 5.35. The number of nitrogens with zero attached hydrogens (tertiary/aromatic N) is 2. The van der Waals surface area contributed by atoms with Gasteiger partial charge in [-0.3, -0.25) is 9.59 Å². The highest BCUT2D eigenvalue weighted by Crippen LogP contribution is 2.37. The molecule has 2 fully saturated rings. The van der Waals surface area contributed by atoms with E-state index in [1.165, 1.54) is 27.4 Å². The molecule has 2 amide bonds. The van der Waals surface area contributed by atoms with Crippen LogP contribution in [0, 0.1) is 11.8 Å². The Kier molecular flexibility index (Phi) is 7.17. The van der Waals surface area contributed by atoms with Crippen molar-refractivity contribution in [3.05, 3.63) is 18.2 Å². The van der Waals surface area contributed by atoms with Crippen LogP contribution in [0.4, 0.5) is 5.69 Å². The molecule has 1 aromatic carbocycles. The van der Waals surface area contributed by atoms with E-state index in [-0.39, 0.29) is 35.0 Å². The Balaban J connectivity index is 1.54. The average Bonchev–Trinajstić information content (AvgIpc) is 2.79. The summed E-state index contributed by atoms with van der Waals surface area (Å²) in [5.74, 6) is 0.843. The van der Waals surface area contributed by atoms with Crippen LogP contribution in [0.15, 0.2) is 28.0 Å². The maximum Gasteiger partial charge on any atom is 0.243 e. The Bertz CT molecular complexity index is 975. The lowest BCUT2D eigenvalue weighted by Crippen LogP contribution is -2.49. The number of nitrogens with one attached hydrogen (secondary N) is 1. The smallest absolute Gasteiger partial charge is 0.243 e. The number of benzene rings is 1. The number of carbonyl (C=O) groups excluding carboxylic acids is 2. The van der Waals surface area contributed by atoms with Gasteiger partial charge in [0, 0.05) is 24.0 Å². The Morgan fingerprint density at radius 2 is 1.88 bits per heavy atom. The highest BCUT2D eigenvalue weighted by Gasteiger charge is 2.33. The molecule has 32 heavy (non-hydrogen) atoms. The first-order valence-electron chi connectivity index (χ1n) is 11.6. The molecule has 1 saturated heterocycles. The third-order valence-electron chi connectivity index (χ3n) is 7.18. The molecule has 1 aliphatic carbocycles. The van der Waals surface area contributed by atoms with Crippen LogP contribution in [-0.2, 0) is 19.6 Å². The highest BCUT2D eigenvalue weighted by molar-refractivity contribution is 8.00. The second-order valence-electron chi connectivity index (χ2n) is 9.30. The van der Waals surface area contributed by atoms with Gasteiger partial charge in [0.25, 0.3) is 0 Å². The lowest BCUT2D eigenvalue weighted by molar-refractivity contribution is -0.124. The fourth-order valence-corrected chi connectivity index (χ4v) is 7.41. The van der Waals surface area contributed by atoms with E-state index in [0.29, 0.717) is 30.6 Å². The van der Waals surface area contributed by atoms with Gasteiger partial charge in [0.05, 0.1) is 16.3 Å². The minimum absolute atomic E-state index is 0.0861. The van der Waals surface area contributed by atoms with Crippen molar-refractivity contribution < 1.29 is 18.0 Å². The highest BCUT2D eigenvalue weighted by atomic mass is 32.2. The summed E-state index contributed by atoms with van der Waals surface area (Å²) < 4.78 is 27.8. The van der Waals surface area contributed by atoms with E-state index in [2.05, 4.69) is 19.2 Å². The number of sulfonamides is 1. The van der Waals surface area contributed by atoms with Gasteiger partial charge >= 0.3 is 0 Å². The SMILES string of the molecule is C[C@@H]1[C@H](C)CCC[C@H]1NC(=O)CN1C(=O)CSc2ccc(S(=O)(=O)N3CCCCC3)cc21. The summed E-state index contributed by atoms with van der Waals surface area (Å²) in [7, 11) is -3.62. The monoisotopic (exact) mass is 479 g/mol. The van der Waals surface area contributed by atoms with E-state index in [0.717, 1.165) is 37.0 Å². The Labute approximate surface area is 195 Å². The molecule has 2 heterocycles. The van der Waals surface area contributed by atoms with Crippen molar-refractivity contribution in [3.8, 4) is 0 Å². The zero-order valence-electron chi connectivity index (χ0n) is 18.9. The van der Waals surface area contributed by atoms with Gasteiger partial charge in [-0.2, -0.15) is 4.31 Å². The van der Waals surface area contributed by atoms with E-state index in [1.54, 1.807) is 18.2 Å². The van der Waals surface area contributed by atoms with Gasteiger partial charge in [-0.1, -0.05) is 33.1 Å². The first kappa shape index (κ1) is 23.6. The first-order valence-corrected chi connectivity index (χ1v) is 14.1. The molecule has 3 aliphatic rings. The molecule has 3 atom stereocenters. The number of thioether (sulfide) groups is 1. The van der Waals surface area contributed by atoms with Crippen molar-refractivity contribution in [1.82, 2.24) is 9.62 Å². The number of hydrogen-bond acceptors (Lipinski definition) is 5. The van der Waals surface area contributed by atoms with Crippen molar-refractivity contribution in [1.29, 1.82) is 0 Å². The summed E-state index contributed by atoms with van der Waals surface area (Å²) >= 11 is 1.39. The summed E-state index contributed by atoms with van der Waals surface area (Å²) in [4.78, 5) is 28.1. The van der Waals surface area contributed by atoms with Crippen molar-refractivity contribution in [2.75, 3.05) is 30.3 Å². The van der Waals surface area contributed by atoms with E-state index < -0.39 is 10.0 Å². The van der Waals surface area contributed by atoms with Crippen LogP contribution in [-0.4, -0.2) is 56.0 Å². The van der Waals surface area contributed by atoms with Gasteiger partial charge in [-0.15, -0.1) is 11.8 Å². The maximum atomic E-state index is 13.1. The van der Waals surface area contributed by atoms with E-state index in [1.807, 2.05) is 0 Å². The molecule has 0 spiro atoms. The van der Waals surface area contributed by atoms with Gasteiger partial charge in [0.15, 0.2) is 0 Å². The van der Waals surface area contributed by atoms with Crippen molar-refractivity contribution >= 4 is 39.3 Å². The second-order valence-corrected chi connectivity index (χ2v) is 12.3. The van der Waals surface area contributed by atoms with E-state index in [4.69, 9.17) is 0 Å². The lowest BCUT2D eigenvalue weighted by Gasteiger charge is -2.35. The van der Waals surface area contributed by atoms with Crippen LogP contribution in [0.3, 0.4) is 0 Å². The molecule has 7 nitrogen and oxygen atoms in total.